The molecule has 3 rings (SSSR count). The van der Waals surface area contributed by atoms with E-state index in [1.54, 1.807) is 14.2 Å². The zero-order chi connectivity index (χ0) is 22.1. The molecule has 31 heavy (non-hydrogen) atoms. The number of aryl methyl sites for hydroxylation is 2. The number of amides is 1. The van der Waals surface area contributed by atoms with Gasteiger partial charge in [-0.3, -0.25) is 4.79 Å². The largest absolute Gasteiger partial charge is 0.493 e. The maximum atomic E-state index is 12.2. The van der Waals surface area contributed by atoms with Crippen LogP contribution in [0, 0.1) is 0 Å². The summed E-state index contributed by atoms with van der Waals surface area (Å²) in [6.45, 7) is 3.89. The van der Waals surface area contributed by atoms with E-state index in [2.05, 4.69) is 35.0 Å². The number of rotatable bonds is 12. The fourth-order valence-corrected chi connectivity index (χ4v) is 3.84. The smallest absolute Gasteiger partial charge is 0.224 e. The topological polar surface area (TPSA) is 65.4 Å². The quantitative estimate of drug-likeness (QED) is 0.435. The Hall–Kier alpha value is -3.02. The lowest BCUT2D eigenvalue weighted by molar-refractivity contribution is -0.120. The third kappa shape index (κ3) is 6.00. The van der Waals surface area contributed by atoms with Crippen LogP contribution >= 0.6 is 0 Å². The fourth-order valence-electron chi connectivity index (χ4n) is 3.84. The number of imidazole rings is 1. The lowest BCUT2D eigenvalue weighted by atomic mass is 10.1. The van der Waals surface area contributed by atoms with E-state index < -0.39 is 0 Å². The van der Waals surface area contributed by atoms with Crippen LogP contribution in [0.5, 0.6) is 11.5 Å². The van der Waals surface area contributed by atoms with Crippen LogP contribution in [0.3, 0.4) is 0 Å². The van der Waals surface area contributed by atoms with Crippen LogP contribution in [0.1, 0.15) is 44.0 Å². The highest BCUT2D eigenvalue weighted by atomic mass is 16.5. The maximum absolute atomic E-state index is 12.2. The Labute approximate surface area is 184 Å². The minimum Gasteiger partial charge on any atom is -0.493 e. The molecular weight excluding hydrogens is 390 g/mol. The van der Waals surface area contributed by atoms with Gasteiger partial charge in [0, 0.05) is 19.5 Å². The first kappa shape index (κ1) is 22.7. The van der Waals surface area contributed by atoms with Crippen molar-refractivity contribution in [1.82, 2.24) is 14.9 Å². The minimum absolute atomic E-state index is 0.0250. The number of fused-ring (bicyclic) bond motifs is 1. The average Bonchev–Trinajstić information content (AvgIpc) is 3.13. The van der Waals surface area contributed by atoms with Gasteiger partial charge >= 0.3 is 0 Å². The number of nitrogens with one attached hydrogen (secondary N) is 1. The summed E-state index contributed by atoms with van der Waals surface area (Å²) in [6.07, 6.45) is 5.49. The molecule has 0 aliphatic heterocycles. The Morgan fingerprint density at radius 3 is 2.61 bits per heavy atom. The van der Waals surface area contributed by atoms with Gasteiger partial charge < -0.3 is 19.4 Å². The molecule has 0 bridgehead atoms. The Morgan fingerprint density at radius 1 is 1.03 bits per heavy atom. The first-order valence-electron chi connectivity index (χ1n) is 11.1. The Morgan fingerprint density at radius 2 is 1.84 bits per heavy atom. The van der Waals surface area contributed by atoms with Gasteiger partial charge in [-0.05, 0) is 49.1 Å². The minimum atomic E-state index is 0.0250. The number of methoxy groups -OCH3 is 2. The molecule has 0 aliphatic rings. The van der Waals surface area contributed by atoms with E-state index in [1.165, 1.54) is 11.3 Å². The highest BCUT2D eigenvalue weighted by Crippen LogP contribution is 2.27. The number of hydrogen-bond acceptors (Lipinski definition) is 4. The summed E-state index contributed by atoms with van der Waals surface area (Å²) in [4.78, 5) is 17.1. The van der Waals surface area contributed by atoms with Crippen LogP contribution in [0.15, 0.2) is 42.5 Å². The Balaban J connectivity index is 1.40. The van der Waals surface area contributed by atoms with E-state index in [9.17, 15) is 4.79 Å². The van der Waals surface area contributed by atoms with Crippen LogP contribution in [0.25, 0.3) is 11.0 Å². The van der Waals surface area contributed by atoms with Crippen molar-refractivity contribution >= 4 is 16.9 Å². The highest BCUT2D eigenvalue weighted by molar-refractivity contribution is 5.78. The average molecular weight is 424 g/mol. The summed E-state index contributed by atoms with van der Waals surface area (Å²) in [5, 5.41) is 3.02. The lowest BCUT2D eigenvalue weighted by Gasteiger charge is -2.10. The van der Waals surface area contributed by atoms with Gasteiger partial charge in [-0.25, -0.2) is 4.98 Å². The normalized spacial score (nSPS) is 10.9. The molecule has 0 spiro atoms. The second kappa shape index (κ2) is 11.4. The fraction of sp³-hybridized carbons (Fsp3) is 0.440. The number of nitrogens with zero attached hydrogens (tertiary/aromatic N) is 2. The van der Waals surface area contributed by atoms with Crippen molar-refractivity contribution < 1.29 is 14.3 Å². The standard InChI is InChI=1S/C25H33N3O3/c1-4-16-28-21-11-8-7-10-20(21)27-24(28)12-6-5-9-15-26-25(29)18-19-13-14-22(30-2)23(17-19)31-3/h7-8,10-11,13-14,17H,4-6,9,12,15-16,18H2,1-3H3,(H,26,29). The summed E-state index contributed by atoms with van der Waals surface area (Å²) >= 11 is 0. The number of carbonyl (C=O) groups is 1. The number of aromatic nitrogens is 2. The number of carbonyl (C=O) groups excluding carboxylic acids is 1. The van der Waals surface area contributed by atoms with E-state index in [-0.39, 0.29) is 5.91 Å². The molecule has 1 heterocycles. The van der Waals surface area contributed by atoms with Gasteiger partial charge in [0.15, 0.2) is 11.5 Å². The summed E-state index contributed by atoms with van der Waals surface area (Å²) in [5.74, 6) is 2.50. The van der Waals surface area contributed by atoms with Crippen molar-refractivity contribution in [3.63, 3.8) is 0 Å². The van der Waals surface area contributed by atoms with Gasteiger partial charge in [-0.1, -0.05) is 31.5 Å². The van der Waals surface area contributed by atoms with Crippen LogP contribution in [0.2, 0.25) is 0 Å². The van der Waals surface area contributed by atoms with Crippen LogP contribution in [0.4, 0.5) is 0 Å². The molecule has 0 radical (unpaired) electrons. The van der Waals surface area contributed by atoms with Crippen molar-refractivity contribution in [2.45, 2.75) is 52.0 Å². The summed E-state index contributed by atoms with van der Waals surface area (Å²) in [6, 6.07) is 13.9. The highest BCUT2D eigenvalue weighted by Gasteiger charge is 2.10. The first-order chi connectivity index (χ1) is 15.2. The zero-order valence-corrected chi connectivity index (χ0v) is 18.8. The summed E-state index contributed by atoms with van der Waals surface area (Å²) in [7, 11) is 3.20. The number of unbranched alkanes of at least 4 members (excludes halogenated alkanes) is 2. The molecular formula is C25H33N3O3. The van der Waals surface area contributed by atoms with Crippen molar-refractivity contribution in [3.8, 4) is 11.5 Å². The summed E-state index contributed by atoms with van der Waals surface area (Å²) in [5.41, 5.74) is 3.21. The molecule has 0 atom stereocenters. The van der Waals surface area contributed by atoms with Gasteiger partial charge in [0.1, 0.15) is 5.82 Å². The molecule has 1 N–H and O–H groups in total. The molecule has 1 amide bonds. The predicted molar refractivity (Wildman–Crippen MR) is 124 cm³/mol. The second-order valence-electron chi connectivity index (χ2n) is 7.70. The van der Waals surface area contributed by atoms with Crippen molar-refractivity contribution in [2.75, 3.05) is 20.8 Å². The van der Waals surface area contributed by atoms with Crippen molar-refractivity contribution in [2.24, 2.45) is 0 Å². The molecule has 0 saturated carbocycles. The van der Waals surface area contributed by atoms with Gasteiger partial charge in [-0.2, -0.15) is 0 Å². The van der Waals surface area contributed by atoms with Crippen LogP contribution in [-0.4, -0.2) is 36.2 Å². The molecule has 2 aromatic carbocycles. The molecule has 3 aromatic rings. The van der Waals surface area contributed by atoms with E-state index in [0.717, 1.165) is 49.7 Å². The monoisotopic (exact) mass is 423 g/mol. The van der Waals surface area contributed by atoms with E-state index in [4.69, 9.17) is 14.5 Å². The number of hydrogen-bond donors (Lipinski definition) is 1. The summed E-state index contributed by atoms with van der Waals surface area (Å²) < 4.78 is 12.9. The second-order valence-corrected chi connectivity index (χ2v) is 7.70. The molecule has 0 saturated heterocycles. The molecule has 0 unspecified atom stereocenters. The van der Waals surface area contributed by atoms with Crippen LogP contribution in [-0.2, 0) is 24.2 Å². The van der Waals surface area contributed by atoms with E-state index >= 15 is 0 Å². The van der Waals surface area contributed by atoms with E-state index in [0.29, 0.717) is 24.5 Å². The van der Waals surface area contributed by atoms with E-state index in [1.807, 2.05) is 24.3 Å². The van der Waals surface area contributed by atoms with Gasteiger partial charge in [0.05, 0.1) is 31.7 Å². The third-order valence-corrected chi connectivity index (χ3v) is 5.39. The first-order valence-corrected chi connectivity index (χ1v) is 11.1. The van der Waals surface area contributed by atoms with Gasteiger partial charge in [0.25, 0.3) is 0 Å². The number of benzene rings is 2. The Bertz CT molecular complexity index is 997. The van der Waals surface area contributed by atoms with Crippen molar-refractivity contribution in [1.29, 1.82) is 0 Å². The molecule has 0 aliphatic carbocycles. The molecule has 6 heteroatoms. The lowest BCUT2D eigenvalue weighted by Crippen LogP contribution is -2.26. The van der Waals surface area contributed by atoms with Gasteiger partial charge in [0.2, 0.25) is 5.91 Å². The Kier molecular flexibility index (Phi) is 8.33. The van der Waals surface area contributed by atoms with Gasteiger partial charge in [-0.15, -0.1) is 0 Å². The van der Waals surface area contributed by atoms with Crippen LogP contribution < -0.4 is 14.8 Å². The van der Waals surface area contributed by atoms with Crippen molar-refractivity contribution in [3.05, 3.63) is 53.9 Å². The molecule has 0 fully saturated rings. The number of ether oxygens (including phenoxy) is 2. The molecule has 1 aromatic heterocycles. The maximum Gasteiger partial charge on any atom is 0.224 e. The zero-order valence-electron chi connectivity index (χ0n) is 18.8. The molecule has 6 nitrogen and oxygen atoms in total. The molecule has 166 valence electrons. The number of para-hydroxylation sites is 2. The third-order valence-electron chi connectivity index (χ3n) is 5.39. The predicted octanol–water partition coefficient (Wildman–Crippen LogP) is 4.54. The SMILES string of the molecule is CCCn1c(CCCCCNC(=O)Cc2ccc(OC)c(OC)c2)nc2ccccc21.